The van der Waals surface area contributed by atoms with Crippen LogP contribution in [-0.2, 0) is 4.79 Å². The van der Waals surface area contributed by atoms with Gasteiger partial charge in [-0.15, -0.1) is 0 Å². The van der Waals surface area contributed by atoms with E-state index in [1.165, 1.54) is 24.4 Å². The molecule has 1 aromatic rings. The Morgan fingerprint density at radius 2 is 2.12 bits per heavy atom. The first-order chi connectivity index (χ1) is 7.50. The minimum atomic E-state index is -1.20. The Balaban J connectivity index is 2.85. The summed E-state index contributed by atoms with van der Waals surface area (Å²) in [6.45, 7) is 0. The molecular formula is C10H10N2O4. The summed E-state index contributed by atoms with van der Waals surface area (Å²) in [5.74, 6) is -2.14. The average Bonchev–Trinajstić information content (AvgIpc) is 2.16. The fourth-order valence-corrected chi connectivity index (χ4v) is 1.06. The maximum absolute atomic E-state index is 10.6. The molecule has 0 amide bonds. The number of nitrogens with zero attached hydrogens (tertiary/aromatic N) is 1. The van der Waals surface area contributed by atoms with Crippen molar-refractivity contribution in [3.63, 3.8) is 0 Å². The third kappa shape index (κ3) is 3.09. The SMILES string of the molecule is Nc1cc(C=CCC(=O)O)cnc1C(=O)O. The van der Waals surface area contributed by atoms with Crippen LogP contribution in [0.25, 0.3) is 6.08 Å². The van der Waals surface area contributed by atoms with Crippen molar-refractivity contribution >= 4 is 23.7 Å². The molecule has 0 aliphatic rings. The summed E-state index contributed by atoms with van der Waals surface area (Å²) in [6, 6.07) is 1.43. The second-order valence-corrected chi connectivity index (χ2v) is 3.01. The number of carboxylic acids is 2. The van der Waals surface area contributed by atoms with Gasteiger partial charge in [0.2, 0.25) is 0 Å². The molecular weight excluding hydrogens is 212 g/mol. The van der Waals surface area contributed by atoms with E-state index >= 15 is 0 Å². The van der Waals surface area contributed by atoms with Crippen molar-refractivity contribution in [2.75, 3.05) is 5.73 Å². The zero-order valence-electron chi connectivity index (χ0n) is 8.25. The number of anilines is 1. The highest BCUT2D eigenvalue weighted by Crippen LogP contribution is 2.12. The van der Waals surface area contributed by atoms with Crippen LogP contribution < -0.4 is 5.73 Å². The maximum Gasteiger partial charge on any atom is 0.356 e. The predicted molar refractivity (Wildman–Crippen MR) is 56.9 cm³/mol. The van der Waals surface area contributed by atoms with E-state index in [0.29, 0.717) is 5.56 Å². The fraction of sp³-hybridized carbons (Fsp3) is 0.100. The Kier molecular flexibility index (Phi) is 3.60. The van der Waals surface area contributed by atoms with Crippen LogP contribution in [0.3, 0.4) is 0 Å². The van der Waals surface area contributed by atoms with Gasteiger partial charge in [-0.3, -0.25) is 4.79 Å². The lowest BCUT2D eigenvalue weighted by molar-refractivity contribution is -0.135. The zero-order chi connectivity index (χ0) is 12.1. The lowest BCUT2D eigenvalue weighted by atomic mass is 10.2. The van der Waals surface area contributed by atoms with E-state index in [1.807, 2.05) is 0 Å². The van der Waals surface area contributed by atoms with Crippen LogP contribution in [0.4, 0.5) is 5.69 Å². The Morgan fingerprint density at radius 3 is 2.62 bits per heavy atom. The highest BCUT2D eigenvalue weighted by atomic mass is 16.4. The number of hydrogen-bond donors (Lipinski definition) is 3. The molecule has 0 unspecified atom stereocenters. The first-order valence-corrected chi connectivity index (χ1v) is 4.38. The molecule has 0 saturated heterocycles. The van der Waals surface area contributed by atoms with Gasteiger partial charge in [0.1, 0.15) is 0 Å². The maximum atomic E-state index is 10.6. The number of aromatic nitrogens is 1. The summed E-state index contributed by atoms with van der Waals surface area (Å²) in [5.41, 5.74) is 5.85. The van der Waals surface area contributed by atoms with Crippen LogP contribution in [0, 0.1) is 0 Å². The molecule has 0 fully saturated rings. The quantitative estimate of drug-likeness (QED) is 0.695. The van der Waals surface area contributed by atoms with E-state index in [-0.39, 0.29) is 17.8 Å². The van der Waals surface area contributed by atoms with Crippen LogP contribution in [-0.4, -0.2) is 27.1 Å². The van der Waals surface area contributed by atoms with Crippen LogP contribution in [0.5, 0.6) is 0 Å². The minimum absolute atomic E-state index is 0.0463. The van der Waals surface area contributed by atoms with E-state index < -0.39 is 11.9 Å². The van der Waals surface area contributed by atoms with Gasteiger partial charge in [-0.25, -0.2) is 9.78 Å². The number of nitrogen functional groups attached to an aromatic ring is 1. The van der Waals surface area contributed by atoms with Crippen molar-refractivity contribution in [2.24, 2.45) is 0 Å². The Morgan fingerprint density at radius 1 is 1.44 bits per heavy atom. The molecule has 0 spiro atoms. The largest absolute Gasteiger partial charge is 0.481 e. The van der Waals surface area contributed by atoms with Gasteiger partial charge >= 0.3 is 11.9 Å². The van der Waals surface area contributed by atoms with E-state index in [4.69, 9.17) is 15.9 Å². The van der Waals surface area contributed by atoms with Crippen molar-refractivity contribution in [3.05, 3.63) is 29.6 Å². The van der Waals surface area contributed by atoms with Gasteiger partial charge in [-0.1, -0.05) is 12.2 Å². The van der Waals surface area contributed by atoms with Crippen molar-refractivity contribution in [1.29, 1.82) is 0 Å². The standard InChI is InChI=1S/C10H10N2O4/c11-7-4-6(2-1-3-8(13)14)5-12-9(7)10(15)16/h1-2,4-5H,3,11H2,(H,13,14)(H,15,16). The van der Waals surface area contributed by atoms with Crippen LogP contribution in [0.15, 0.2) is 18.3 Å². The molecule has 1 aromatic heterocycles. The summed E-state index contributed by atoms with van der Waals surface area (Å²) in [5, 5.41) is 17.1. The number of carbonyl (C=O) groups is 2. The molecule has 1 rings (SSSR count). The van der Waals surface area contributed by atoms with Crippen LogP contribution in [0.1, 0.15) is 22.5 Å². The van der Waals surface area contributed by atoms with Gasteiger partial charge in [0.25, 0.3) is 0 Å². The number of carboxylic acid groups (broad SMARTS) is 2. The third-order valence-electron chi connectivity index (χ3n) is 1.74. The third-order valence-corrected chi connectivity index (χ3v) is 1.74. The van der Waals surface area contributed by atoms with Crippen molar-refractivity contribution < 1.29 is 19.8 Å². The first kappa shape index (κ1) is 11.7. The van der Waals surface area contributed by atoms with E-state index in [2.05, 4.69) is 4.98 Å². The molecule has 4 N–H and O–H groups in total. The number of pyridine rings is 1. The molecule has 0 bridgehead atoms. The lowest BCUT2D eigenvalue weighted by Gasteiger charge is -2.00. The number of aromatic carboxylic acids is 1. The van der Waals surface area contributed by atoms with E-state index in [9.17, 15) is 9.59 Å². The summed E-state index contributed by atoms with van der Waals surface area (Å²) in [4.78, 5) is 24.5. The number of rotatable bonds is 4. The Bertz CT molecular complexity index is 454. The topological polar surface area (TPSA) is 114 Å². The normalized spacial score (nSPS) is 10.5. The van der Waals surface area contributed by atoms with Gasteiger partial charge in [0, 0.05) is 6.20 Å². The van der Waals surface area contributed by atoms with Gasteiger partial charge in [-0.2, -0.15) is 0 Å². The van der Waals surface area contributed by atoms with Gasteiger partial charge in [0.05, 0.1) is 12.1 Å². The van der Waals surface area contributed by atoms with Gasteiger partial charge in [-0.05, 0) is 11.6 Å². The van der Waals surface area contributed by atoms with E-state index in [1.54, 1.807) is 0 Å². The molecule has 6 nitrogen and oxygen atoms in total. The predicted octanol–water partition coefficient (Wildman–Crippen LogP) is 0.850. The zero-order valence-corrected chi connectivity index (χ0v) is 8.25. The lowest BCUT2D eigenvalue weighted by Crippen LogP contribution is -2.05. The second kappa shape index (κ2) is 4.92. The summed E-state index contributed by atoms with van der Waals surface area (Å²) < 4.78 is 0. The molecule has 84 valence electrons. The molecule has 0 aliphatic carbocycles. The summed E-state index contributed by atoms with van der Waals surface area (Å²) in [6.07, 6.45) is 4.15. The van der Waals surface area contributed by atoms with Crippen molar-refractivity contribution in [1.82, 2.24) is 4.98 Å². The van der Waals surface area contributed by atoms with Crippen molar-refractivity contribution in [3.8, 4) is 0 Å². The second-order valence-electron chi connectivity index (χ2n) is 3.01. The molecule has 16 heavy (non-hydrogen) atoms. The molecule has 0 atom stereocenters. The van der Waals surface area contributed by atoms with E-state index in [0.717, 1.165) is 0 Å². The highest BCUT2D eigenvalue weighted by molar-refractivity contribution is 5.91. The van der Waals surface area contributed by atoms with Crippen LogP contribution in [0.2, 0.25) is 0 Å². The molecule has 0 radical (unpaired) electrons. The molecule has 0 aromatic carbocycles. The monoisotopic (exact) mass is 222 g/mol. The van der Waals surface area contributed by atoms with Crippen LogP contribution >= 0.6 is 0 Å². The molecule has 0 saturated carbocycles. The van der Waals surface area contributed by atoms with Gasteiger partial charge in [0.15, 0.2) is 5.69 Å². The highest BCUT2D eigenvalue weighted by Gasteiger charge is 2.08. The Hall–Kier alpha value is -2.37. The first-order valence-electron chi connectivity index (χ1n) is 4.38. The number of hydrogen-bond acceptors (Lipinski definition) is 4. The minimum Gasteiger partial charge on any atom is -0.481 e. The fourth-order valence-electron chi connectivity index (χ4n) is 1.06. The smallest absolute Gasteiger partial charge is 0.356 e. The molecule has 0 aliphatic heterocycles. The Labute approximate surface area is 91.0 Å². The van der Waals surface area contributed by atoms with Crippen molar-refractivity contribution in [2.45, 2.75) is 6.42 Å². The number of nitrogens with two attached hydrogens (primary N) is 1. The summed E-state index contributed by atoms with van der Waals surface area (Å²) >= 11 is 0. The average molecular weight is 222 g/mol. The van der Waals surface area contributed by atoms with Gasteiger partial charge < -0.3 is 15.9 Å². The molecule has 6 heteroatoms. The number of aliphatic carboxylic acids is 1. The molecule has 1 heterocycles. The summed E-state index contributed by atoms with van der Waals surface area (Å²) in [7, 11) is 0.